The van der Waals surface area contributed by atoms with Crippen LogP contribution in [-0.4, -0.2) is 18.8 Å². The minimum atomic E-state index is 0.385. The summed E-state index contributed by atoms with van der Waals surface area (Å²) in [6, 6.07) is 0.385. The van der Waals surface area contributed by atoms with Crippen molar-refractivity contribution in [2.75, 3.05) is 7.05 Å². The van der Waals surface area contributed by atoms with Crippen LogP contribution in [0.5, 0.6) is 0 Å². The largest absolute Gasteiger partial charge is 0.312 e. The lowest BCUT2D eigenvalue weighted by molar-refractivity contribution is 0.750. The second kappa shape index (κ2) is 6.10. The van der Waals surface area contributed by atoms with E-state index in [0.29, 0.717) is 6.04 Å². The molecular formula is C9H18N2. The van der Waals surface area contributed by atoms with Crippen molar-refractivity contribution in [2.24, 2.45) is 4.99 Å². The molecule has 0 aromatic carbocycles. The summed E-state index contributed by atoms with van der Waals surface area (Å²) in [5, 5.41) is 3.16. The van der Waals surface area contributed by atoms with E-state index in [-0.39, 0.29) is 0 Å². The van der Waals surface area contributed by atoms with E-state index in [4.69, 9.17) is 0 Å². The van der Waals surface area contributed by atoms with E-state index < -0.39 is 0 Å². The molecule has 0 aliphatic rings. The SMILES string of the molecule is C/C=C/N=C(CC)C(C)NC. The van der Waals surface area contributed by atoms with Gasteiger partial charge in [0.15, 0.2) is 0 Å². The number of allylic oxidation sites excluding steroid dienone is 1. The zero-order valence-corrected chi connectivity index (χ0v) is 7.89. The average molecular weight is 154 g/mol. The van der Waals surface area contributed by atoms with Gasteiger partial charge in [0.2, 0.25) is 0 Å². The molecule has 0 aliphatic carbocycles. The molecule has 11 heavy (non-hydrogen) atoms. The Morgan fingerprint density at radius 1 is 1.64 bits per heavy atom. The van der Waals surface area contributed by atoms with E-state index in [9.17, 15) is 0 Å². The zero-order valence-electron chi connectivity index (χ0n) is 7.89. The Hall–Kier alpha value is -0.630. The van der Waals surface area contributed by atoms with E-state index in [0.717, 1.165) is 6.42 Å². The summed E-state index contributed by atoms with van der Waals surface area (Å²) in [6.07, 6.45) is 4.79. The van der Waals surface area contributed by atoms with Crippen LogP contribution in [0.2, 0.25) is 0 Å². The minimum absolute atomic E-state index is 0.385. The first-order valence-electron chi connectivity index (χ1n) is 4.11. The highest BCUT2D eigenvalue weighted by Gasteiger charge is 2.03. The fraction of sp³-hybridized carbons (Fsp3) is 0.667. The summed E-state index contributed by atoms with van der Waals surface area (Å²) < 4.78 is 0. The van der Waals surface area contributed by atoms with E-state index in [1.165, 1.54) is 5.71 Å². The third kappa shape index (κ3) is 3.94. The molecule has 2 nitrogen and oxygen atoms in total. The standard InChI is InChI=1S/C9H18N2/c1-5-7-11-9(6-2)8(3)10-4/h5,7-8,10H,6H2,1-4H3/b7-5+,11-9?. The van der Waals surface area contributed by atoms with Crippen molar-refractivity contribution in [3.63, 3.8) is 0 Å². The molecule has 0 radical (unpaired) electrons. The predicted molar refractivity (Wildman–Crippen MR) is 51.1 cm³/mol. The van der Waals surface area contributed by atoms with Crippen LogP contribution >= 0.6 is 0 Å². The van der Waals surface area contributed by atoms with Crippen LogP contribution in [0.4, 0.5) is 0 Å². The lowest BCUT2D eigenvalue weighted by atomic mass is 10.1. The molecule has 1 unspecified atom stereocenters. The minimum Gasteiger partial charge on any atom is -0.312 e. The molecule has 0 aromatic rings. The van der Waals surface area contributed by atoms with Gasteiger partial charge in [0.1, 0.15) is 0 Å². The van der Waals surface area contributed by atoms with E-state index in [2.05, 4.69) is 24.2 Å². The second-order valence-electron chi connectivity index (χ2n) is 2.47. The average Bonchev–Trinajstić information content (AvgIpc) is 2.05. The van der Waals surface area contributed by atoms with Gasteiger partial charge in [-0.05, 0) is 27.3 Å². The van der Waals surface area contributed by atoms with Gasteiger partial charge >= 0.3 is 0 Å². The number of aliphatic imine (C=N–C) groups is 1. The van der Waals surface area contributed by atoms with Crippen LogP contribution in [0.1, 0.15) is 27.2 Å². The molecular weight excluding hydrogens is 136 g/mol. The van der Waals surface area contributed by atoms with Crippen LogP contribution in [-0.2, 0) is 0 Å². The fourth-order valence-electron chi connectivity index (χ4n) is 0.846. The summed E-state index contributed by atoms with van der Waals surface area (Å²) in [5.41, 5.74) is 1.20. The molecule has 0 rings (SSSR count). The summed E-state index contributed by atoms with van der Waals surface area (Å²) in [4.78, 5) is 4.31. The van der Waals surface area contributed by atoms with Crippen LogP contribution in [0.3, 0.4) is 0 Å². The van der Waals surface area contributed by atoms with Crippen molar-refractivity contribution in [3.05, 3.63) is 12.3 Å². The Labute approximate surface area is 69.4 Å². The van der Waals surface area contributed by atoms with E-state index in [1.54, 1.807) is 0 Å². The van der Waals surface area contributed by atoms with Gasteiger partial charge in [0.25, 0.3) is 0 Å². The molecule has 0 heterocycles. The van der Waals surface area contributed by atoms with Crippen LogP contribution in [0, 0.1) is 0 Å². The number of nitrogens with one attached hydrogen (secondary N) is 1. The summed E-state index contributed by atoms with van der Waals surface area (Å²) in [6.45, 7) is 6.21. The van der Waals surface area contributed by atoms with Crippen molar-refractivity contribution in [3.8, 4) is 0 Å². The van der Waals surface area contributed by atoms with Crippen LogP contribution < -0.4 is 5.32 Å². The first kappa shape index (κ1) is 10.4. The maximum absolute atomic E-state index is 4.31. The Morgan fingerprint density at radius 3 is 2.64 bits per heavy atom. The van der Waals surface area contributed by atoms with Crippen molar-refractivity contribution >= 4 is 5.71 Å². The zero-order chi connectivity index (χ0) is 8.69. The lowest BCUT2D eigenvalue weighted by Crippen LogP contribution is -2.30. The maximum atomic E-state index is 4.31. The quantitative estimate of drug-likeness (QED) is 0.615. The van der Waals surface area contributed by atoms with Gasteiger partial charge in [0.05, 0.1) is 0 Å². The molecule has 0 aromatic heterocycles. The first-order chi connectivity index (χ1) is 5.26. The fourth-order valence-corrected chi connectivity index (χ4v) is 0.846. The second-order valence-corrected chi connectivity index (χ2v) is 2.47. The van der Waals surface area contributed by atoms with E-state index in [1.807, 2.05) is 26.2 Å². The van der Waals surface area contributed by atoms with Crippen molar-refractivity contribution in [1.29, 1.82) is 0 Å². The molecule has 1 atom stereocenters. The number of hydrogen-bond donors (Lipinski definition) is 1. The van der Waals surface area contributed by atoms with Gasteiger partial charge < -0.3 is 5.32 Å². The highest BCUT2D eigenvalue weighted by Crippen LogP contribution is 1.94. The molecule has 0 fully saturated rings. The molecule has 64 valence electrons. The highest BCUT2D eigenvalue weighted by atomic mass is 14.9. The Morgan fingerprint density at radius 2 is 2.27 bits per heavy atom. The summed E-state index contributed by atoms with van der Waals surface area (Å²) >= 11 is 0. The summed E-state index contributed by atoms with van der Waals surface area (Å²) in [5.74, 6) is 0. The summed E-state index contributed by atoms with van der Waals surface area (Å²) in [7, 11) is 1.95. The predicted octanol–water partition coefficient (Wildman–Crippen LogP) is 1.98. The smallest absolute Gasteiger partial charge is 0.0424 e. The lowest BCUT2D eigenvalue weighted by Gasteiger charge is -2.10. The third-order valence-corrected chi connectivity index (χ3v) is 1.68. The van der Waals surface area contributed by atoms with Gasteiger partial charge in [-0.25, -0.2) is 0 Å². The Bertz CT molecular complexity index is 148. The third-order valence-electron chi connectivity index (χ3n) is 1.68. The topological polar surface area (TPSA) is 24.4 Å². The number of nitrogens with zero attached hydrogens (tertiary/aromatic N) is 1. The van der Waals surface area contributed by atoms with Gasteiger partial charge in [-0.3, -0.25) is 4.99 Å². The monoisotopic (exact) mass is 154 g/mol. The molecule has 0 saturated heterocycles. The van der Waals surface area contributed by atoms with E-state index >= 15 is 0 Å². The van der Waals surface area contributed by atoms with Crippen molar-refractivity contribution in [1.82, 2.24) is 5.32 Å². The molecule has 0 saturated carbocycles. The van der Waals surface area contributed by atoms with Crippen molar-refractivity contribution in [2.45, 2.75) is 33.2 Å². The maximum Gasteiger partial charge on any atom is 0.0424 e. The normalized spacial score (nSPS) is 15.8. The molecule has 0 spiro atoms. The van der Waals surface area contributed by atoms with Gasteiger partial charge in [-0.15, -0.1) is 0 Å². The van der Waals surface area contributed by atoms with Crippen LogP contribution in [0.15, 0.2) is 17.3 Å². The Kier molecular flexibility index (Phi) is 5.75. The Balaban J connectivity index is 4.13. The number of hydrogen-bond acceptors (Lipinski definition) is 2. The van der Waals surface area contributed by atoms with Gasteiger partial charge in [-0.1, -0.05) is 13.0 Å². The van der Waals surface area contributed by atoms with Crippen molar-refractivity contribution < 1.29 is 0 Å². The molecule has 0 aliphatic heterocycles. The molecule has 0 bridgehead atoms. The molecule has 0 amide bonds. The van der Waals surface area contributed by atoms with Crippen LogP contribution in [0.25, 0.3) is 0 Å². The molecule has 1 N–H and O–H groups in total. The van der Waals surface area contributed by atoms with Gasteiger partial charge in [0, 0.05) is 18.0 Å². The number of rotatable bonds is 4. The highest BCUT2D eigenvalue weighted by molar-refractivity contribution is 5.89. The molecule has 2 heteroatoms. The first-order valence-corrected chi connectivity index (χ1v) is 4.11. The van der Waals surface area contributed by atoms with Gasteiger partial charge in [-0.2, -0.15) is 0 Å².